The molecule has 1 saturated heterocycles. The van der Waals surface area contributed by atoms with E-state index in [-0.39, 0.29) is 0 Å². The number of nitrogen functional groups attached to an aromatic ring is 1. The average Bonchev–Trinajstić information content (AvgIpc) is 2.64. The molecule has 72 valence electrons. The van der Waals surface area contributed by atoms with E-state index < -0.39 is 0 Å². The van der Waals surface area contributed by atoms with Gasteiger partial charge in [-0.15, -0.1) is 0 Å². The maximum Gasteiger partial charge on any atom is 0.240 e. The van der Waals surface area contributed by atoms with Crippen LogP contribution in [-0.2, 0) is 6.54 Å². The number of hydrogen-bond acceptors (Lipinski definition) is 5. The van der Waals surface area contributed by atoms with Crippen LogP contribution in [0.4, 0.5) is 5.95 Å². The fourth-order valence-electron chi connectivity index (χ4n) is 1.76. The summed E-state index contributed by atoms with van der Waals surface area (Å²) in [7, 11) is 2.13. The molecule has 13 heavy (non-hydrogen) atoms. The summed E-state index contributed by atoms with van der Waals surface area (Å²) in [6, 6.07) is 0. The van der Waals surface area contributed by atoms with Crippen molar-refractivity contribution in [3.05, 3.63) is 0 Å². The Morgan fingerprint density at radius 1 is 1.62 bits per heavy atom. The molecule has 1 unspecified atom stereocenters. The molecular weight excluding hydrogens is 168 g/mol. The molecule has 0 aliphatic carbocycles. The van der Waals surface area contributed by atoms with Gasteiger partial charge in [0.15, 0.2) is 0 Å². The number of hydrogen-bond donors (Lipinski definition) is 1. The standard InChI is InChI=1S/C7H14N6/c1-12-3-2-6(4-12)5-13-7(8)9-10-11-13/h6H,2-5H2,1H3,(H2,8,9,11). The first-order chi connectivity index (χ1) is 6.25. The van der Waals surface area contributed by atoms with Gasteiger partial charge in [-0.25, -0.2) is 4.68 Å². The van der Waals surface area contributed by atoms with Crippen LogP contribution in [0.5, 0.6) is 0 Å². The van der Waals surface area contributed by atoms with Crippen LogP contribution in [0.1, 0.15) is 6.42 Å². The van der Waals surface area contributed by atoms with E-state index in [4.69, 9.17) is 5.73 Å². The maximum absolute atomic E-state index is 5.57. The predicted octanol–water partition coefficient (Wildman–Crippen LogP) is -0.793. The summed E-state index contributed by atoms with van der Waals surface area (Å²) in [5.74, 6) is 1.05. The molecule has 1 aliphatic heterocycles. The Labute approximate surface area is 76.7 Å². The van der Waals surface area contributed by atoms with Gasteiger partial charge in [0.1, 0.15) is 0 Å². The highest BCUT2D eigenvalue weighted by Crippen LogP contribution is 2.16. The second kappa shape index (κ2) is 3.29. The molecule has 0 radical (unpaired) electrons. The SMILES string of the molecule is CN1CCC(Cn2nnnc2N)C1. The van der Waals surface area contributed by atoms with Crippen molar-refractivity contribution in [1.82, 2.24) is 25.1 Å². The summed E-state index contributed by atoms with van der Waals surface area (Å²) < 4.78 is 1.67. The fourth-order valence-corrected chi connectivity index (χ4v) is 1.76. The first kappa shape index (κ1) is 8.43. The Kier molecular flexibility index (Phi) is 2.13. The molecule has 1 aromatic heterocycles. The van der Waals surface area contributed by atoms with Crippen molar-refractivity contribution in [3.8, 4) is 0 Å². The molecule has 2 rings (SSSR count). The molecule has 2 N–H and O–H groups in total. The molecule has 0 bridgehead atoms. The van der Waals surface area contributed by atoms with Crippen LogP contribution in [0.3, 0.4) is 0 Å². The minimum atomic E-state index is 0.412. The zero-order valence-electron chi connectivity index (χ0n) is 7.72. The van der Waals surface area contributed by atoms with Gasteiger partial charge in [-0.3, -0.25) is 0 Å². The van der Waals surface area contributed by atoms with E-state index in [0.717, 1.165) is 19.6 Å². The molecule has 0 saturated carbocycles. The van der Waals surface area contributed by atoms with Crippen molar-refractivity contribution >= 4 is 5.95 Å². The Hall–Kier alpha value is -1.17. The highest BCUT2D eigenvalue weighted by Gasteiger charge is 2.20. The molecule has 1 atom stereocenters. The number of tetrazole rings is 1. The Morgan fingerprint density at radius 2 is 2.46 bits per heavy atom. The minimum absolute atomic E-state index is 0.412. The first-order valence-corrected chi connectivity index (χ1v) is 4.46. The summed E-state index contributed by atoms with van der Waals surface area (Å²) in [5, 5.41) is 11.0. The van der Waals surface area contributed by atoms with Crippen molar-refractivity contribution in [2.75, 3.05) is 25.9 Å². The normalized spacial score (nSPS) is 23.9. The third kappa shape index (κ3) is 1.77. The largest absolute Gasteiger partial charge is 0.367 e. The van der Waals surface area contributed by atoms with Crippen LogP contribution in [-0.4, -0.2) is 45.2 Å². The molecule has 1 aromatic rings. The number of aromatic nitrogens is 4. The number of nitrogens with zero attached hydrogens (tertiary/aromatic N) is 5. The van der Waals surface area contributed by atoms with Gasteiger partial charge in [-0.05, 0) is 36.4 Å². The van der Waals surface area contributed by atoms with Crippen LogP contribution in [0, 0.1) is 5.92 Å². The van der Waals surface area contributed by atoms with Gasteiger partial charge in [-0.1, -0.05) is 5.10 Å². The summed E-state index contributed by atoms with van der Waals surface area (Å²) in [4.78, 5) is 2.31. The summed E-state index contributed by atoms with van der Waals surface area (Å²) >= 11 is 0. The lowest BCUT2D eigenvalue weighted by Crippen LogP contribution is -2.18. The van der Waals surface area contributed by atoms with E-state index in [1.165, 1.54) is 6.42 Å². The fraction of sp³-hybridized carbons (Fsp3) is 0.857. The van der Waals surface area contributed by atoms with Gasteiger partial charge < -0.3 is 10.6 Å². The zero-order valence-corrected chi connectivity index (χ0v) is 7.72. The Morgan fingerprint density at radius 3 is 3.00 bits per heavy atom. The molecule has 0 amide bonds. The third-order valence-corrected chi connectivity index (χ3v) is 2.48. The summed E-state index contributed by atoms with van der Waals surface area (Å²) in [6.45, 7) is 3.11. The van der Waals surface area contributed by atoms with Crippen molar-refractivity contribution in [1.29, 1.82) is 0 Å². The summed E-state index contributed by atoms with van der Waals surface area (Å²) in [6.07, 6.45) is 1.20. The maximum atomic E-state index is 5.57. The molecule has 2 heterocycles. The quantitative estimate of drug-likeness (QED) is 0.648. The van der Waals surface area contributed by atoms with Gasteiger partial charge in [0.25, 0.3) is 0 Å². The van der Waals surface area contributed by atoms with Crippen LogP contribution in [0.2, 0.25) is 0 Å². The highest BCUT2D eigenvalue weighted by molar-refractivity contribution is 5.09. The lowest BCUT2D eigenvalue weighted by molar-refractivity contribution is 0.369. The lowest BCUT2D eigenvalue weighted by Gasteiger charge is -2.09. The van der Waals surface area contributed by atoms with Gasteiger partial charge in [0, 0.05) is 6.54 Å². The van der Waals surface area contributed by atoms with Crippen LogP contribution >= 0.6 is 0 Å². The number of anilines is 1. The number of likely N-dealkylation sites (tertiary alicyclic amines) is 1. The smallest absolute Gasteiger partial charge is 0.240 e. The Balaban J connectivity index is 1.95. The predicted molar refractivity (Wildman–Crippen MR) is 47.8 cm³/mol. The van der Waals surface area contributed by atoms with Crippen LogP contribution < -0.4 is 5.73 Å². The van der Waals surface area contributed by atoms with Crippen molar-refractivity contribution in [3.63, 3.8) is 0 Å². The van der Waals surface area contributed by atoms with E-state index in [1.54, 1.807) is 4.68 Å². The molecule has 1 aliphatic rings. The lowest BCUT2D eigenvalue weighted by atomic mass is 10.1. The second-order valence-corrected chi connectivity index (χ2v) is 3.64. The van der Waals surface area contributed by atoms with Gasteiger partial charge in [-0.2, -0.15) is 0 Å². The topological polar surface area (TPSA) is 72.9 Å². The second-order valence-electron chi connectivity index (χ2n) is 3.64. The minimum Gasteiger partial charge on any atom is -0.367 e. The van der Waals surface area contributed by atoms with Crippen molar-refractivity contribution < 1.29 is 0 Å². The van der Waals surface area contributed by atoms with E-state index in [1.807, 2.05) is 0 Å². The molecule has 0 spiro atoms. The van der Waals surface area contributed by atoms with Crippen molar-refractivity contribution in [2.24, 2.45) is 5.92 Å². The molecule has 6 nitrogen and oxygen atoms in total. The van der Waals surface area contributed by atoms with E-state index in [0.29, 0.717) is 11.9 Å². The van der Waals surface area contributed by atoms with E-state index in [9.17, 15) is 0 Å². The van der Waals surface area contributed by atoms with Crippen molar-refractivity contribution in [2.45, 2.75) is 13.0 Å². The average molecular weight is 182 g/mol. The molecule has 0 aromatic carbocycles. The van der Waals surface area contributed by atoms with Gasteiger partial charge in [0.05, 0.1) is 6.54 Å². The monoisotopic (exact) mass is 182 g/mol. The molecule has 1 fully saturated rings. The van der Waals surface area contributed by atoms with Gasteiger partial charge in [0.2, 0.25) is 5.95 Å². The molecule has 6 heteroatoms. The van der Waals surface area contributed by atoms with Crippen LogP contribution in [0.25, 0.3) is 0 Å². The molecular formula is C7H14N6. The van der Waals surface area contributed by atoms with Gasteiger partial charge >= 0.3 is 0 Å². The Bertz CT molecular complexity index is 282. The van der Waals surface area contributed by atoms with E-state index in [2.05, 4.69) is 27.5 Å². The third-order valence-electron chi connectivity index (χ3n) is 2.48. The van der Waals surface area contributed by atoms with E-state index >= 15 is 0 Å². The van der Waals surface area contributed by atoms with Crippen LogP contribution in [0.15, 0.2) is 0 Å². The summed E-state index contributed by atoms with van der Waals surface area (Å²) in [5.41, 5.74) is 5.57. The number of rotatable bonds is 2. The number of nitrogens with two attached hydrogens (primary N) is 1. The highest BCUT2D eigenvalue weighted by atomic mass is 15.6. The zero-order chi connectivity index (χ0) is 9.26. The first-order valence-electron chi connectivity index (χ1n) is 4.46.